The molecule has 3 fully saturated rings. The van der Waals surface area contributed by atoms with E-state index in [1.807, 2.05) is 43.4 Å². The van der Waals surface area contributed by atoms with Crippen LogP contribution < -0.4 is 30.6 Å². The number of hydrogen-bond acceptors (Lipinski definition) is 10. The highest BCUT2D eigenvalue weighted by molar-refractivity contribution is 6.23. The average molecular weight is 766 g/mol. The van der Waals surface area contributed by atoms with Crippen molar-refractivity contribution in [3.8, 4) is 22.6 Å². The Morgan fingerprint density at radius 3 is 2.29 bits per heavy atom. The number of nitrogens with one attached hydrogen (secondary N) is 2. The lowest BCUT2D eigenvalue weighted by molar-refractivity contribution is -0.136. The number of carbonyl (C=O) groups excluding carboxylic acids is 5. The van der Waals surface area contributed by atoms with Crippen molar-refractivity contribution in [3.63, 3.8) is 0 Å². The average Bonchev–Trinajstić information content (AvgIpc) is 3.39. The van der Waals surface area contributed by atoms with E-state index in [0.717, 1.165) is 58.8 Å². The number of urea groups is 1. The third-order valence-corrected chi connectivity index (χ3v) is 12.1. The zero-order valence-corrected chi connectivity index (χ0v) is 32.4. The molecule has 1 saturated carbocycles. The third kappa shape index (κ3) is 6.36. The van der Waals surface area contributed by atoms with E-state index in [9.17, 15) is 28.8 Å². The molecule has 8 rings (SSSR count). The van der Waals surface area contributed by atoms with Crippen LogP contribution in [0.3, 0.4) is 0 Å². The fourth-order valence-corrected chi connectivity index (χ4v) is 9.35. The van der Waals surface area contributed by atoms with Crippen LogP contribution in [0.4, 0.5) is 10.5 Å². The molecule has 3 aromatic rings. The van der Waals surface area contributed by atoms with Gasteiger partial charge in [-0.25, -0.2) is 4.79 Å². The molecule has 1 unspecified atom stereocenters. The summed E-state index contributed by atoms with van der Waals surface area (Å²) in [4.78, 5) is 84.2. The summed E-state index contributed by atoms with van der Waals surface area (Å²) in [5, 5.41) is 5.35. The Balaban J connectivity index is 0.866. The van der Waals surface area contributed by atoms with Gasteiger partial charge in [0.15, 0.2) is 0 Å². The molecule has 2 saturated heterocycles. The number of aryl methyl sites for hydroxylation is 1. The van der Waals surface area contributed by atoms with E-state index in [4.69, 9.17) is 9.47 Å². The molecular weight excluding hydrogens is 718 g/mol. The Kier molecular flexibility index (Phi) is 9.38. The number of aromatic nitrogens is 1. The molecule has 1 aromatic heterocycles. The van der Waals surface area contributed by atoms with E-state index >= 15 is 0 Å². The van der Waals surface area contributed by atoms with Crippen molar-refractivity contribution in [2.24, 2.45) is 18.4 Å². The number of hydrogen-bond donors (Lipinski definition) is 2. The normalized spacial score (nSPS) is 20.1. The van der Waals surface area contributed by atoms with E-state index < -0.39 is 29.7 Å². The van der Waals surface area contributed by atoms with Gasteiger partial charge >= 0.3 is 6.03 Å². The number of benzene rings is 2. The molecule has 56 heavy (non-hydrogen) atoms. The minimum absolute atomic E-state index is 0.0747. The molecule has 0 bridgehead atoms. The van der Waals surface area contributed by atoms with Crippen LogP contribution in [-0.4, -0.2) is 109 Å². The van der Waals surface area contributed by atoms with Crippen LogP contribution in [-0.2, 0) is 36.1 Å². The first kappa shape index (κ1) is 37.2. The zero-order valence-electron chi connectivity index (χ0n) is 32.4. The first-order chi connectivity index (χ1) is 26.8. The smallest absolute Gasteiger partial charge is 0.317 e. The van der Waals surface area contributed by atoms with Gasteiger partial charge in [-0.3, -0.25) is 34.2 Å². The molecule has 6 amide bonds. The van der Waals surface area contributed by atoms with Gasteiger partial charge < -0.3 is 34.1 Å². The fourth-order valence-electron chi connectivity index (χ4n) is 9.35. The van der Waals surface area contributed by atoms with Gasteiger partial charge in [-0.2, -0.15) is 0 Å². The summed E-state index contributed by atoms with van der Waals surface area (Å²) < 4.78 is 13.1. The highest BCUT2D eigenvalue weighted by Gasteiger charge is 2.53. The monoisotopic (exact) mass is 765 g/mol. The highest BCUT2D eigenvalue weighted by atomic mass is 16.5. The van der Waals surface area contributed by atoms with Gasteiger partial charge in [0.2, 0.25) is 11.8 Å². The molecule has 2 N–H and O–H groups in total. The number of anilines is 1. The van der Waals surface area contributed by atoms with Crippen molar-refractivity contribution in [2.45, 2.75) is 51.2 Å². The van der Waals surface area contributed by atoms with Gasteiger partial charge in [0.1, 0.15) is 17.5 Å². The van der Waals surface area contributed by atoms with Crippen LogP contribution in [0.2, 0.25) is 0 Å². The summed E-state index contributed by atoms with van der Waals surface area (Å²) in [6.45, 7) is 3.50. The lowest BCUT2D eigenvalue weighted by atomic mass is 9.57. The zero-order chi connectivity index (χ0) is 39.6. The van der Waals surface area contributed by atoms with Gasteiger partial charge in [-0.15, -0.1) is 0 Å². The SMILES string of the molecule is COc1cc(-c2cn(C)c(=O)c3c2CCN(C(=O)NCC2CC4(C2)CN(c2ccc5c(c2)C(=O)N(C2CCC(=O)NC2=O)C5=O)C4)C3)cc(OC)c1CN(C)C. The number of pyridine rings is 1. The van der Waals surface area contributed by atoms with Crippen LogP contribution in [0.25, 0.3) is 11.1 Å². The molecule has 5 aliphatic rings. The second-order valence-corrected chi connectivity index (χ2v) is 16.2. The summed E-state index contributed by atoms with van der Waals surface area (Å²) >= 11 is 0. The van der Waals surface area contributed by atoms with Gasteiger partial charge in [0.25, 0.3) is 17.4 Å². The van der Waals surface area contributed by atoms with Gasteiger partial charge in [-0.05, 0) is 87.2 Å². The van der Waals surface area contributed by atoms with Crippen molar-refractivity contribution in [2.75, 3.05) is 59.4 Å². The van der Waals surface area contributed by atoms with Gasteiger partial charge in [-0.1, -0.05) is 0 Å². The van der Waals surface area contributed by atoms with Crippen molar-refractivity contribution >= 4 is 35.3 Å². The van der Waals surface area contributed by atoms with Crippen LogP contribution in [0.1, 0.15) is 63.1 Å². The first-order valence-electron chi connectivity index (χ1n) is 19.0. The number of nitrogens with zero attached hydrogens (tertiary/aromatic N) is 5. The first-order valence-corrected chi connectivity index (χ1v) is 19.0. The van der Waals surface area contributed by atoms with Gasteiger partial charge in [0, 0.05) is 74.6 Å². The number of imide groups is 2. The summed E-state index contributed by atoms with van der Waals surface area (Å²) in [5.74, 6) is -0.316. The largest absolute Gasteiger partial charge is 0.496 e. The molecule has 5 heterocycles. The molecule has 294 valence electrons. The molecule has 2 aromatic carbocycles. The Bertz CT molecular complexity index is 2210. The third-order valence-electron chi connectivity index (χ3n) is 12.1. The second-order valence-electron chi connectivity index (χ2n) is 16.2. The number of piperidine rings is 1. The topological polar surface area (TPSA) is 163 Å². The van der Waals surface area contributed by atoms with E-state index in [2.05, 4.69) is 15.5 Å². The maximum Gasteiger partial charge on any atom is 0.317 e. The minimum Gasteiger partial charge on any atom is -0.496 e. The summed E-state index contributed by atoms with van der Waals surface area (Å²) in [7, 11) is 8.98. The fraction of sp³-hybridized carbons (Fsp3) is 0.463. The highest BCUT2D eigenvalue weighted by Crippen LogP contribution is 2.53. The van der Waals surface area contributed by atoms with Crippen LogP contribution >= 0.6 is 0 Å². The van der Waals surface area contributed by atoms with Gasteiger partial charge in [0.05, 0.1) is 37.5 Å². The Hall–Kier alpha value is -5.70. The molecule has 15 heteroatoms. The second kappa shape index (κ2) is 14.1. The number of fused-ring (bicyclic) bond motifs is 2. The molecule has 1 aliphatic carbocycles. The van der Waals surface area contributed by atoms with Crippen molar-refractivity contribution < 1.29 is 33.4 Å². The number of amides is 6. The summed E-state index contributed by atoms with van der Waals surface area (Å²) in [6.07, 6.45) is 4.51. The van der Waals surface area contributed by atoms with Crippen molar-refractivity contribution in [3.05, 3.63) is 74.7 Å². The van der Waals surface area contributed by atoms with E-state index in [1.165, 1.54) is 0 Å². The van der Waals surface area contributed by atoms with E-state index in [1.54, 1.807) is 42.9 Å². The summed E-state index contributed by atoms with van der Waals surface area (Å²) in [5.41, 5.74) is 5.68. The Morgan fingerprint density at radius 1 is 0.929 bits per heavy atom. The summed E-state index contributed by atoms with van der Waals surface area (Å²) in [6, 6.07) is 8.01. The molecule has 15 nitrogen and oxygen atoms in total. The quantitative estimate of drug-likeness (QED) is 0.310. The van der Waals surface area contributed by atoms with Crippen LogP contribution in [0.15, 0.2) is 41.3 Å². The van der Waals surface area contributed by atoms with Crippen LogP contribution in [0.5, 0.6) is 11.5 Å². The molecule has 1 atom stereocenters. The molecule has 1 spiro atoms. The number of carbonyl (C=O) groups is 5. The number of rotatable bonds is 9. The van der Waals surface area contributed by atoms with E-state index in [0.29, 0.717) is 49.0 Å². The van der Waals surface area contributed by atoms with Crippen LogP contribution in [0, 0.1) is 11.3 Å². The van der Waals surface area contributed by atoms with E-state index in [-0.39, 0.29) is 47.5 Å². The number of methoxy groups -OCH3 is 2. The Labute approximate surface area is 324 Å². The maximum atomic E-state index is 13.4. The predicted octanol–water partition coefficient (Wildman–Crippen LogP) is 2.52. The lowest BCUT2D eigenvalue weighted by Gasteiger charge is -2.60. The molecular formula is C41H47N7O8. The predicted molar refractivity (Wildman–Crippen MR) is 206 cm³/mol. The standard InChI is InChI=1S/C41H47N7O8/c1-44(2)18-31-33(55-4)12-24(13-34(31)56-5)29-19-45(3)37(51)30-20-46(11-10-26(29)30)40(54)42-17-23-15-41(16-23)21-47(22-41)25-6-7-27-28(14-25)39(53)48(38(27)52)32-8-9-35(49)43-36(32)50/h6-7,12-14,19,23,32H,8-11,15-18,20-22H2,1-5H3,(H,42,54)(H,43,49,50). The van der Waals surface area contributed by atoms with Crippen molar-refractivity contribution in [1.29, 1.82) is 0 Å². The minimum atomic E-state index is -0.994. The lowest BCUT2D eigenvalue weighted by Crippen LogP contribution is -2.63. The van der Waals surface area contributed by atoms with Crippen molar-refractivity contribution in [1.82, 2.24) is 29.9 Å². The Morgan fingerprint density at radius 2 is 1.62 bits per heavy atom. The number of ether oxygens (including phenoxy) is 2. The maximum absolute atomic E-state index is 13.4. The molecule has 0 radical (unpaired) electrons. The molecule has 4 aliphatic heterocycles.